The Morgan fingerprint density at radius 1 is 1.26 bits per heavy atom. The van der Waals surface area contributed by atoms with Crippen LogP contribution >= 0.6 is 0 Å². The monoisotopic (exact) mass is 430 g/mol. The van der Waals surface area contributed by atoms with Gasteiger partial charge in [-0.05, 0) is 99.5 Å². The maximum atomic E-state index is 10.2. The molecule has 0 aromatic carbocycles. The molecule has 6 atom stereocenters. The number of aliphatic hydroxyl groups is 3. The minimum Gasteiger partial charge on any atom is -0.396 e. The number of hydrogen-bond donors (Lipinski definition) is 3. The third-order valence-electron chi connectivity index (χ3n) is 8.81. The van der Waals surface area contributed by atoms with Gasteiger partial charge in [0.15, 0.2) is 0 Å². The molecule has 31 heavy (non-hydrogen) atoms. The summed E-state index contributed by atoms with van der Waals surface area (Å²) in [7, 11) is 0. The molecule has 0 unspecified atom stereocenters. The van der Waals surface area contributed by atoms with E-state index in [1.165, 1.54) is 38.5 Å². The Kier molecular flexibility index (Phi) is 7.92. The molecular formula is C28H46O3. The zero-order chi connectivity index (χ0) is 22.8. The summed E-state index contributed by atoms with van der Waals surface area (Å²) >= 11 is 0. The van der Waals surface area contributed by atoms with Gasteiger partial charge >= 0.3 is 0 Å². The normalized spacial score (nSPS) is 38.0. The predicted molar refractivity (Wildman–Crippen MR) is 129 cm³/mol. The van der Waals surface area contributed by atoms with Gasteiger partial charge in [0.1, 0.15) is 0 Å². The summed E-state index contributed by atoms with van der Waals surface area (Å²) < 4.78 is 0. The standard InChI is InChI=1S/C28H46O3/c1-19(8-6-14-27(3,4)31)25-12-13-26-21(9-7-15-28(25,26)5)10-11-22-16-24(30)17-23(18-29)20(22)2/h10-11,19,23-26,29-31H,2,6-9,12-18H2,1,3-5H3/b21-10+,22-11+/t19-,23-,24-,25-,26+,28-/m1/s1. The molecule has 3 fully saturated rings. The topological polar surface area (TPSA) is 60.7 Å². The number of aliphatic hydroxyl groups excluding tert-OH is 2. The summed E-state index contributed by atoms with van der Waals surface area (Å²) in [5.74, 6) is 2.12. The highest BCUT2D eigenvalue weighted by atomic mass is 16.3. The largest absolute Gasteiger partial charge is 0.396 e. The fourth-order valence-electron chi connectivity index (χ4n) is 7.04. The van der Waals surface area contributed by atoms with Crippen molar-refractivity contribution in [1.29, 1.82) is 0 Å². The fraction of sp³-hybridized carbons (Fsp3) is 0.786. The Morgan fingerprint density at radius 3 is 2.68 bits per heavy atom. The van der Waals surface area contributed by atoms with Gasteiger partial charge in [-0.3, -0.25) is 0 Å². The first-order valence-electron chi connectivity index (χ1n) is 12.6. The van der Waals surface area contributed by atoms with E-state index in [2.05, 4.69) is 32.6 Å². The molecule has 0 heterocycles. The number of fused-ring (bicyclic) bond motifs is 1. The van der Waals surface area contributed by atoms with Crippen LogP contribution in [0.1, 0.15) is 91.9 Å². The van der Waals surface area contributed by atoms with Crippen LogP contribution in [0.25, 0.3) is 0 Å². The third-order valence-corrected chi connectivity index (χ3v) is 8.81. The molecule has 3 saturated carbocycles. The second-order valence-corrected chi connectivity index (χ2v) is 11.7. The second-order valence-electron chi connectivity index (χ2n) is 11.7. The van der Waals surface area contributed by atoms with Crippen molar-refractivity contribution in [3.63, 3.8) is 0 Å². The molecule has 3 aliphatic rings. The SMILES string of the molecule is C=C1/C(=C/C=C2\CCC[C@]3(C)[C@@H]([C@H](C)CCCC(C)(C)O)CC[C@@H]23)C[C@@H](O)C[C@@H]1CO. The average Bonchev–Trinajstić information content (AvgIpc) is 3.04. The summed E-state index contributed by atoms with van der Waals surface area (Å²) in [6.45, 7) is 13.1. The molecule has 3 heteroatoms. The molecule has 3 nitrogen and oxygen atoms in total. The zero-order valence-electron chi connectivity index (χ0n) is 20.4. The van der Waals surface area contributed by atoms with Gasteiger partial charge in [-0.1, -0.05) is 51.0 Å². The van der Waals surface area contributed by atoms with Crippen LogP contribution in [-0.4, -0.2) is 33.6 Å². The third kappa shape index (κ3) is 5.72. The molecule has 0 saturated heterocycles. The summed E-state index contributed by atoms with van der Waals surface area (Å²) in [6, 6.07) is 0. The van der Waals surface area contributed by atoms with Crippen molar-refractivity contribution < 1.29 is 15.3 Å². The lowest BCUT2D eigenvalue weighted by Crippen LogP contribution is -2.36. The van der Waals surface area contributed by atoms with Crippen LogP contribution in [0.2, 0.25) is 0 Å². The molecular weight excluding hydrogens is 384 g/mol. The Morgan fingerprint density at radius 2 is 2.00 bits per heavy atom. The first-order valence-corrected chi connectivity index (χ1v) is 12.6. The lowest BCUT2D eigenvalue weighted by Gasteiger charge is -2.44. The van der Waals surface area contributed by atoms with Crippen LogP contribution in [0.4, 0.5) is 0 Å². The molecule has 0 aromatic heterocycles. The Hall–Kier alpha value is -0.900. The number of allylic oxidation sites excluding steroid dienone is 3. The predicted octanol–water partition coefficient (Wildman–Crippen LogP) is 5.95. The van der Waals surface area contributed by atoms with E-state index in [0.29, 0.717) is 30.1 Å². The second kappa shape index (κ2) is 9.93. The van der Waals surface area contributed by atoms with E-state index in [-0.39, 0.29) is 18.6 Å². The van der Waals surface area contributed by atoms with Crippen LogP contribution in [0, 0.1) is 29.1 Å². The highest BCUT2D eigenvalue weighted by Crippen LogP contribution is 2.60. The quantitative estimate of drug-likeness (QED) is 0.467. The molecule has 176 valence electrons. The van der Waals surface area contributed by atoms with Crippen molar-refractivity contribution in [2.24, 2.45) is 29.1 Å². The van der Waals surface area contributed by atoms with Crippen LogP contribution in [0.3, 0.4) is 0 Å². The van der Waals surface area contributed by atoms with Gasteiger partial charge in [-0.25, -0.2) is 0 Å². The molecule has 0 spiro atoms. The minimum atomic E-state index is -0.554. The lowest BCUT2D eigenvalue weighted by molar-refractivity contribution is 0.0596. The van der Waals surface area contributed by atoms with Crippen LogP contribution in [0.5, 0.6) is 0 Å². The Bertz CT molecular complexity index is 698. The first-order chi connectivity index (χ1) is 14.5. The molecule has 3 rings (SSSR count). The van der Waals surface area contributed by atoms with Gasteiger partial charge in [-0.15, -0.1) is 0 Å². The first kappa shape index (κ1) is 24.7. The van der Waals surface area contributed by atoms with Crippen molar-refractivity contribution in [3.05, 3.63) is 35.5 Å². The van der Waals surface area contributed by atoms with E-state index in [1.54, 1.807) is 5.57 Å². The molecule has 0 aromatic rings. The molecule has 3 N–H and O–H groups in total. The molecule has 0 bridgehead atoms. The van der Waals surface area contributed by atoms with Gasteiger partial charge in [0.25, 0.3) is 0 Å². The fourth-order valence-corrected chi connectivity index (χ4v) is 7.04. The van der Waals surface area contributed by atoms with Crippen LogP contribution < -0.4 is 0 Å². The summed E-state index contributed by atoms with van der Waals surface area (Å²) in [5, 5.41) is 29.9. The number of hydrogen-bond acceptors (Lipinski definition) is 3. The minimum absolute atomic E-state index is 0.00868. The van der Waals surface area contributed by atoms with Gasteiger partial charge < -0.3 is 15.3 Å². The van der Waals surface area contributed by atoms with E-state index in [1.807, 2.05) is 13.8 Å². The van der Waals surface area contributed by atoms with Crippen molar-refractivity contribution in [2.45, 2.75) is 104 Å². The Balaban J connectivity index is 1.71. The molecule has 0 amide bonds. The van der Waals surface area contributed by atoms with E-state index in [9.17, 15) is 15.3 Å². The van der Waals surface area contributed by atoms with E-state index in [0.717, 1.165) is 29.9 Å². The zero-order valence-corrected chi connectivity index (χ0v) is 20.4. The van der Waals surface area contributed by atoms with E-state index < -0.39 is 5.60 Å². The maximum absolute atomic E-state index is 10.2. The highest BCUT2D eigenvalue weighted by Gasteiger charge is 2.50. The summed E-state index contributed by atoms with van der Waals surface area (Å²) in [5.41, 5.74) is 3.54. The van der Waals surface area contributed by atoms with Gasteiger partial charge in [0, 0.05) is 5.92 Å². The molecule has 0 radical (unpaired) electrons. The van der Waals surface area contributed by atoms with Crippen molar-refractivity contribution in [2.75, 3.05) is 6.61 Å². The summed E-state index contributed by atoms with van der Waals surface area (Å²) in [4.78, 5) is 0. The van der Waals surface area contributed by atoms with Crippen LogP contribution in [0.15, 0.2) is 35.5 Å². The van der Waals surface area contributed by atoms with Crippen molar-refractivity contribution in [3.8, 4) is 0 Å². The Labute approximate surface area is 190 Å². The van der Waals surface area contributed by atoms with E-state index >= 15 is 0 Å². The molecule has 0 aliphatic heterocycles. The molecule has 3 aliphatic carbocycles. The van der Waals surface area contributed by atoms with Gasteiger partial charge in [0.2, 0.25) is 0 Å². The smallest absolute Gasteiger partial charge is 0.0591 e. The van der Waals surface area contributed by atoms with Gasteiger partial charge in [0.05, 0.1) is 18.3 Å². The lowest BCUT2D eigenvalue weighted by atomic mass is 9.60. The van der Waals surface area contributed by atoms with Gasteiger partial charge in [-0.2, -0.15) is 0 Å². The van der Waals surface area contributed by atoms with Crippen molar-refractivity contribution >= 4 is 0 Å². The van der Waals surface area contributed by atoms with Crippen LogP contribution in [-0.2, 0) is 0 Å². The van der Waals surface area contributed by atoms with Crippen molar-refractivity contribution in [1.82, 2.24) is 0 Å². The summed E-state index contributed by atoms with van der Waals surface area (Å²) in [6.07, 6.45) is 15.0. The highest BCUT2D eigenvalue weighted by molar-refractivity contribution is 5.38. The average molecular weight is 431 g/mol. The number of rotatable bonds is 7. The van der Waals surface area contributed by atoms with E-state index in [4.69, 9.17) is 0 Å². The maximum Gasteiger partial charge on any atom is 0.0591 e.